The van der Waals surface area contributed by atoms with Gasteiger partial charge in [0.15, 0.2) is 6.61 Å². The first-order valence-corrected chi connectivity index (χ1v) is 8.31. The summed E-state index contributed by atoms with van der Waals surface area (Å²) in [5, 5.41) is 3.28. The van der Waals surface area contributed by atoms with Crippen LogP contribution in [0.25, 0.3) is 0 Å². The van der Waals surface area contributed by atoms with Gasteiger partial charge in [-0.25, -0.2) is 4.79 Å². The quantitative estimate of drug-likeness (QED) is 0.759. The molecule has 0 aliphatic rings. The molecular weight excluding hydrogens is 381 g/mol. The van der Waals surface area contributed by atoms with Gasteiger partial charge in [-0.15, -0.1) is 0 Å². The van der Waals surface area contributed by atoms with E-state index in [1.54, 1.807) is 42.1 Å². The predicted octanol–water partition coefficient (Wildman–Crippen LogP) is 2.59. The number of aryl methyl sites for hydroxylation is 1. The summed E-state index contributed by atoms with van der Waals surface area (Å²) in [6.45, 7) is -0.665. The Balaban J connectivity index is 1.82. The number of halogens is 2. The number of benzene rings is 1. The van der Waals surface area contributed by atoms with Crippen molar-refractivity contribution in [1.82, 2.24) is 9.47 Å². The Bertz CT molecular complexity index is 835. The molecule has 0 radical (unpaired) electrons. The Labute approximate surface area is 160 Å². The number of carbonyl (C=O) groups is 3. The lowest BCUT2D eigenvalue weighted by molar-refractivity contribution is -0.136. The molecule has 0 fully saturated rings. The molecule has 0 saturated carbocycles. The van der Waals surface area contributed by atoms with E-state index < -0.39 is 24.4 Å². The summed E-state index contributed by atoms with van der Waals surface area (Å²) < 4.78 is 6.55. The van der Waals surface area contributed by atoms with Crippen LogP contribution in [0.3, 0.4) is 0 Å². The summed E-state index contributed by atoms with van der Waals surface area (Å²) in [5.41, 5.74) is 0.790. The minimum Gasteiger partial charge on any atom is -0.451 e. The van der Waals surface area contributed by atoms with E-state index in [-0.39, 0.29) is 6.54 Å². The van der Waals surface area contributed by atoms with E-state index >= 15 is 0 Å². The standard InChI is InChI=1S/C17H17Cl2N3O4/c1-21-7-3-4-14(21)17(25)26-10-16(24)22(2)9-15(23)20-11-5-6-12(18)13(19)8-11/h3-8H,9-10H2,1-2H3,(H,20,23). The van der Waals surface area contributed by atoms with Crippen molar-refractivity contribution >= 4 is 46.7 Å². The summed E-state index contributed by atoms with van der Waals surface area (Å²) in [7, 11) is 3.13. The monoisotopic (exact) mass is 397 g/mol. The Morgan fingerprint density at radius 2 is 1.92 bits per heavy atom. The topological polar surface area (TPSA) is 80.6 Å². The summed E-state index contributed by atoms with van der Waals surface area (Å²) in [6.07, 6.45) is 1.69. The van der Waals surface area contributed by atoms with Crippen molar-refractivity contribution in [1.29, 1.82) is 0 Å². The zero-order chi connectivity index (χ0) is 19.3. The molecular formula is C17H17Cl2N3O4. The van der Waals surface area contributed by atoms with Crippen molar-refractivity contribution in [3.8, 4) is 0 Å². The number of rotatable bonds is 6. The van der Waals surface area contributed by atoms with Crippen molar-refractivity contribution in [3.05, 3.63) is 52.3 Å². The Kier molecular flexibility index (Phi) is 6.65. The number of aromatic nitrogens is 1. The lowest BCUT2D eigenvalue weighted by Gasteiger charge is -2.17. The molecule has 0 aliphatic heterocycles. The van der Waals surface area contributed by atoms with Gasteiger partial charge in [0.05, 0.1) is 16.6 Å². The number of carbonyl (C=O) groups excluding carboxylic acids is 3. The third-order valence-electron chi connectivity index (χ3n) is 3.49. The van der Waals surface area contributed by atoms with Crippen molar-refractivity contribution in [2.75, 3.05) is 25.5 Å². The first-order chi connectivity index (χ1) is 12.3. The van der Waals surface area contributed by atoms with E-state index in [1.807, 2.05) is 0 Å². The number of likely N-dealkylation sites (N-methyl/N-ethyl adjacent to an activating group) is 1. The average Bonchev–Trinajstić information content (AvgIpc) is 3.01. The summed E-state index contributed by atoms with van der Waals surface area (Å²) in [5.74, 6) is -1.54. The van der Waals surface area contributed by atoms with Crippen LogP contribution in [-0.4, -0.2) is 47.4 Å². The molecule has 138 valence electrons. The highest BCUT2D eigenvalue weighted by atomic mass is 35.5. The second-order valence-electron chi connectivity index (χ2n) is 5.51. The number of nitrogens with zero attached hydrogens (tertiary/aromatic N) is 2. The van der Waals surface area contributed by atoms with Gasteiger partial charge in [0.1, 0.15) is 5.69 Å². The second kappa shape index (κ2) is 8.73. The third kappa shape index (κ3) is 5.24. The molecule has 0 bridgehead atoms. The van der Waals surface area contributed by atoms with Crippen LogP contribution in [0, 0.1) is 0 Å². The molecule has 0 aliphatic carbocycles. The fourth-order valence-corrected chi connectivity index (χ4v) is 2.36. The molecule has 7 nitrogen and oxygen atoms in total. The van der Waals surface area contributed by atoms with Gasteiger partial charge in [0.25, 0.3) is 5.91 Å². The van der Waals surface area contributed by atoms with Crippen LogP contribution in [0.2, 0.25) is 10.0 Å². The van der Waals surface area contributed by atoms with E-state index in [2.05, 4.69) is 5.32 Å². The van der Waals surface area contributed by atoms with E-state index in [1.165, 1.54) is 13.1 Å². The predicted molar refractivity (Wildman–Crippen MR) is 98.4 cm³/mol. The first kappa shape index (κ1) is 19.8. The minimum atomic E-state index is -0.612. The second-order valence-corrected chi connectivity index (χ2v) is 6.32. The molecule has 1 N–H and O–H groups in total. The smallest absolute Gasteiger partial charge is 0.355 e. The van der Waals surface area contributed by atoms with Crippen LogP contribution in [0.1, 0.15) is 10.5 Å². The number of hydrogen-bond donors (Lipinski definition) is 1. The molecule has 2 amide bonds. The van der Waals surface area contributed by atoms with E-state index in [0.29, 0.717) is 21.4 Å². The van der Waals surface area contributed by atoms with Gasteiger partial charge in [-0.05, 0) is 30.3 Å². The number of hydrogen-bond acceptors (Lipinski definition) is 4. The fourth-order valence-electron chi connectivity index (χ4n) is 2.06. The molecule has 2 aromatic rings. The van der Waals surface area contributed by atoms with Crippen molar-refractivity contribution in [3.63, 3.8) is 0 Å². The van der Waals surface area contributed by atoms with Crippen LogP contribution in [0.4, 0.5) is 5.69 Å². The van der Waals surface area contributed by atoms with Crippen molar-refractivity contribution in [2.45, 2.75) is 0 Å². The van der Waals surface area contributed by atoms with Gasteiger partial charge < -0.3 is 19.5 Å². The largest absolute Gasteiger partial charge is 0.451 e. The van der Waals surface area contributed by atoms with Gasteiger partial charge in [-0.1, -0.05) is 23.2 Å². The molecule has 2 rings (SSSR count). The van der Waals surface area contributed by atoms with Gasteiger partial charge in [0.2, 0.25) is 5.91 Å². The lowest BCUT2D eigenvalue weighted by atomic mass is 10.3. The van der Waals surface area contributed by atoms with Crippen LogP contribution in [0.5, 0.6) is 0 Å². The number of ether oxygens (including phenoxy) is 1. The number of nitrogens with one attached hydrogen (secondary N) is 1. The average molecular weight is 398 g/mol. The zero-order valence-corrected chi connectivity index (χ0v) is 15.7. The Hall–Kier alpha value is -2.51. The molecule has 0 saturated heterocycles. The fraction of sp³-hybridized carbons (Fsp3) is 0.235. The molecule has 1 heterocycles. The highest BCUT2D eigenvalue weighted by Crippen LogP contribution is 2.24. The van der Waals surface area contributed by atoms with Crippen LogP contribution in [0.15, 0.2) is 36.5 Å². The van der Waals surface area contributed by atoms with Crippen molar-refractivity contribution < 1.29 is 19.1 Å². The summed E-state index contributed by atoms with van der Waals surface area (Å²) in [6, 6.07) is 7.93. The highest BCUT2D eigenvalue weighted by molar-refractivity contribution is 6.42. The van der Waals surface area contributed by atoms with Crippen LogP contribution in [-0.2, 0) is 21.4 Å². The van der Waals surface area contributed by atoms with Gasteiger partial charge in [-0.2, -0.15) is 0 Å². The SMILES string of the molecule is CN(CC(=O)Nc1ccc(Cl)c(Cl)c1)C(=O)COC(=O)c1cccn1C. The Morgan fingerprint density at radius 1 is 1.19 bits per heavy atom. The molecule has 1 aromatic heterocycles. The highest BCUT2D eigenvalue weighted by Gasteiger charge is 2.17. The number of esters is 1. The lowest BCUT2D eigenvalue weighted by Crippen LogP contribution is -2.37. The van der Waals surface area contributed by atoms with Gasteiger partial charge in [-0.3, -0.25) is 9.59 Å². The number of amides is 2. The summed E-state index contributed by atoms with van der Waals surface area (Å²) in [4.78, 5) is 37.0. The maximum absolute atomic E-state index is 12.0. The Morgan fingerprint density at radius 3 is 2.54 bits per heavy atom. The summed E-state index contributed by atoms with van der Waals surface area (Å²) >= 11 is 11.7. The van der Waals surface area contributed by atoms with Gasteiger partial charge >= 0.3 is 5.97 Å². The maximum Gasteiger partial charge on any atom is 0.355 e. The van der Waals surface area contributed by atoms with Crippen LogP contribution >= 0.6 is 23.2 Å². The molecule has 1 aromatic carbocycles. The van der Waals surface area contributed by atoms with E-state index in [9.17, 15) is 14.4 Å². The zero-order valence-electron chi connectivity index (χ0n) is 14.2. The third-order valence-corrected chi connectivity index (χ3v) is 4.23. The molecule has 26 heavy (non-hydrogen) atoms. The molecule has 0 unspecified atom stereocenters. The van der Waals surface area contributed by atoms with E-state index in [4.69, 9.17) is 27.9 Å². The van der Waals surface area contributed by atoms with E-state index in [0.717, 1.165) is 4.90 Å². The molecule has 9 heteroatoms. The minimum absolute atomic E-state index is 0.208. The molecule has 0 spiro atoms. The first-order valence-electron chi connectivity index (χ1n) is 7.55. The van der Waals surface area contributed by atoms with Gasteiger partial charge in [0, 0.05) is 26.0 Å². The normalized spacial score (nSPS) is 10.3. The maximum atomic E-state index is 12.0. The number of anilines is 1. The molecule has 0 atom stereocenters. The van der Waals surface area contributed by atoms with Crippen LogP contribution < -0.4 is 5.32 Å². The van der Waals surface area contributed by atoms with Crippen molar-refractivity contribution in [2.24, 2.45) is 7.05 Å².